The second-order valence-electron chi connectivity index (χ2n) is 6.14. The van der Waals surface area contributed by atoms with Gasteiger partial charge in [-0.25, -0.2) is 9.97 Å². The van der Waals surface area contributed by atoms with E-state index < -0.39 is 0 Å². The first kappa shape index (κ1) is 17.5. The van der Waals surface area contributed by atoms with Gasteiger partial charge >= 0.3 is 0 Å². The maximum Gasteiger partial charge on any atom is 0.131 e. The van der Waals surface area contributed by atoms with Gasteiger partial charge in [0.2, 0.25) is 0 Å². The number of hydrogen-bond donors (Lipinski definition) is 1. The van der Waals surface area contributed by atoms with E-state index in [4.69, 9.17) is 0 Å². The molecule has 0 unspecified atom stereocenters. The van der Waals surface area contributed by atoms with Crippen LogP contribution in [0.2, 0.25) is 0 Å². The molecule has 0 spiro atoms. The van der Waals surface area contributed by atoms with E-state index in [9.17, 15) is 0 Å². The van der Waals surface area contributed by atoms with Crippen LogP contribution in [0.4, 0.5) is 11.6 Å². The van der Waals surface area contributed by atoms with Crippen LogP contribution in [0.15, 0.2) is 36.7 Å². The van der Waals surface area contributed by atoms with Crippen LogP contribution in [-0.2, 0) is 12.8 Å². The summed E-state index contributed by atoms with van der Waals surface area (Å²) in [4.78, 5) is 8.97. The summed E-state index contributed by atoms with van der Waals surface area (Å²) < 4.78 is 0. The highest BCUT2D eigenvalue weighted by Gasteiger charge is 2.00. The third-order valence-corrected chi connectivity index (χ3v) is 4.04. The molecule has 0 fully saturated rings. The Morgan fingerprint density at radius 3 is 1.52 bits per heavy atom. The monoisotopic (exact) mass is 311 g/mol. The van der Waals surface area contributed by atoms with Gasteiger partial charge in [0, 0.05) is 12.4 Å². The number of rotatable bonds is 10. The number of hydrogen-bond acceptors (Lipinski definition) is 3. The average Bonchev–Trinajstić information content (AvgIpc) is 2.58. The Balaban J connectivity index is 1.84. The van der Waals surface area contributed by atoms with Crippen LogP contribution in [-0.4, -0.2) is 9.97 Å². The van der Waals surface area contributed by atoms with Gasteiger partial charge in [-0.15, -0.1) is 0 Å². The Morgan fingerprint density at radius 2 is 1.17 bits per heavy atom. The van der Waals surface area contributed by atoms with Gasteiger partial charge in [0.1, 0.15) is 11.6 Å². The van der Waals surface area contributed by atoms with E-state index in [1.165, 1.54) is 49.7 Å². The Labute approximate surface area is 140 Å². The number of nitrogens with one attached hydrogen (secondary N) is 1. The lowest BCUT2D eigenvalue weighted by Crippen LogP contribution is -1.97. The van der Waals surface area contributed by atoms with E-state index in [2.05, 4.69) is 41.3 Å². The summed E-state index contributed by atoms with van der Waals surface area (Å²) in [5.41, 5.74) is 2.62. The van der Waals surface area contributed by atoms with Crippen LogP contribution in [0.3, 0.4) is 0 Å². The van der Waals surface area contributed by atoms with Crippen molar-refractivity contribution >= 4 is 11.6 Å². The maximum atomic E-state index is 4.48. The number of aryl methyl sites for hydroxylation is 2. The second-order valence-corrected chi connectivity index (χ2v) is 6.14. The minimum atomic E-state index is 0.857. The molecule has 0 atom stereocenters. The molecule has 3 heteroatoms. The fourth-order valence-corrected chi connectivity index (χ4v) is 2.58. The summed E-state index contributed by atoms with van der Waals surface area (Å²) in [5, 5.41) is 3.27. The molecular weight excluding hydrogens is 282 g/mol. The first-order valence-corrected chi connectivity index (χ1v) is 8.98. The molecule has 1 N–H and O–H groups in total. The summed E-state index contributed by atoms with van der Waals surface area (Å²) in [5.74, 6) is 1.71. The second kappa shape index (κ2) is 9.98. The first-order valence-electron chi connectivity index (χ1n) is 8.98. The van der Waals surface area contributed by atoms with Crippen molar-refractivity contribution in [2.75, 3.05) is 5.32 Å². The van der Waals surface area contributed by atoms with Crippen LogP contribution in [0.5, 0.6) is 0 Å². The molecule has 0 bridgehead atoms. The minimum absolute atomic E-state index is 0.857. The molecule has 2 aromatic rings. The maximum absolute atomic E-state index is 4.48. The number of anilines is 2. The van der Waals surface area contributed by atoms with Gasteiger partial charge in [0.15, 0.2) is 0 Å². The fraction of sp³-hybridized carbons (Fsp3) is 0.500. The summed E-state index contributed by atoms with van der Waals surface area (Å²) in [7, 11) is 0. The largest absolute Gasteiger partial charge is 0.325 e. The number of pyridine rings is 2. The molecule has 0 aliphatic heterocycles. The summed E-state index contributed by atoms with van der Waals surface area (Å²) in [6.45, 7) is 4.46. The Kier molecular flexibility index (Phi) is 7.58. The predicted octanol–water partition coefficient (Wildman–Crippen LogP) is 5.69. The van der Waals surface area contributed by atoms with Gasteiger partial charge in [-0.1, -0.05) is 51.7 Å². The SMILES string of the molecule is CCCCCc1ccc(Nc2ccc(CCCCC)cn2)nc1. The Bertz CT molecular complexity index is 495. The van der Waals surface area contributed by atoms with Crippen LogP contribution < -0.4 is 5.32 Å². The summed E-state index contributed by atoms with van der Waals surface area (Å²) in [6, 6.07) is 8.39. The van der Waals surface area contributed by atoms with Crippen molar-refractivity contribution in [1.82, 2.24) is 9.97 Å². The molecule has 2 heterocycles. The number of nitrogens with zero attached hydrogens (tertiary/aromatic N) is 2. The summed E-state index contributed by atoms with van der Waals surface area (Å²) >= 11 is 0. The Morgan fingerprint density at radius 1 is 0.696 bits per heavy atom. The topological polar surface area (TPSA) is 37.8 Å². The average molecular weight is 311 g/mol. The van der Waals surface area contributed by atoms with Gasteiger partial charge in [0.05, 0.1) is 0 Å². The van der Waals surface area contributed by atoms with Crippen molar-refractivity contribution in [3.63, 3.8) is 0 Å². The third kappa shape index (κ3) is 6.39. The predicted molar refractivity (Wildman–Crippen MR) is 98.2 cm³/mol. The Hall–Kier alpha value is -1.90. The van der Waals surface area contributed by atoms with Crippen molar-refractivity contribution in [3.8, 4) is 0 Å². The molecule has 0 amide bonds. The van der Waals surface area contributed by atoms with E-state index in [1.54, 1.807) is 0 Å². The molecule has 0 saturated carbocycles. The van der Waals surface area contributed by atoms with Gasteiger partial charge < -0.3 is 5.32 Å². The molecule has 3 nitrogen and oxygen atoms in total. The molecule has 124 valence electrons. The highest BCUT2D eigenvalue weighted by Crippen LogP contribution is 2.15. The van der Waals surface area contributed by atoms with Crippen molar-refractivity contribution in [2.24, 2.45) is 0 Å². The molecule has 23 heavy (non-hydrogen) atoms. The van der Waals surface area contributed by atoms with Crippen molar-refractivity contribution < 1.29 is 0 Å². The molecule has 2 aromatic heterocycles. The van der Waals surface area contributed by atoms with Crippen LogP contribution in [0.1, 0.15) is 63.5 Å². The van der Waals surface area contributed by atoms with Crippen LogP contribution in [0, 0.1) is 0 Å². The lowest BCUT2D eigenvalue weighted by molar-refractivity contribution is 0.716. The van der Waals surface area contributed by atoms with Crippen LogP contribution in [0.25, 0.3) is 0 Å². The molecule has 0 aromatic carbocycles. The molecular formula is C20H29N3. The lowest BCUT2D eigenvalue weighted by Gasteiger charge is -2.07. The van der Waals surface area contributed by atoms with Crippen molar-refractivity contribution in [3.05, 3.63) is 47.8 Å². The van der Waals surface area contributed by atoms with E-state index >= 15 is 0 Å². The van der Waals surface area contributed by atoms with Gasteiger partial charge in [-0.05, 0) is 48.9 Å². The van der Waals surface area contributed by atoms with E-state index in [0.717, 1.165) is 24.5 Å². The highest BCUT2D eigenvalue weighted by molar-refractivity contribution is 5.51. The third-order valence-electron chi connectivity index (χ3n) is 4.04. The molecule has 0 saturated heterocycles. The van der Waals surface area contributed by atoms with Gasteiger partial charge in [-0.3, -0.25) is 0 Å². The normalized spacial score (nSPS) is 10.7. The zero-order chi connectivity index (χ0) is 16.3. The molecule has 0 aliphatic rings. The van der Waals surface area contributed by atoms with E-state index in [-0.39, 0.29) is 0 Å². The quantitative estimate of drug-likeness (QED) is 0.573. The zero-order valence-electron chi connectivity index (χ0n) is 14.5. The molecule has 2 rings (SSSR count). The van der Waals surface area contributed by atoms with Crippen molar-refractivity contribution in [2.45, 2.75) is 65.2 Å². The summed E-state index contributed by atoms with van der Waals surface area (Å²) in [6.07, 6.45) is 13.7. The zero-order valence-corrected chi connectivity index (χ0v) is 14.5. The first-order chi connectivity index (χ1) is 11.3. The van der Waals surface area contributed by atoms with Crippen LogP contribution >= 0.6 is 0 Å². The van der Waals surface area contributed by atoms with E-state index in [0.29, 0.717) is 0 Å². The number of aromatic nitrogens is 2. The highest BCUT2D eigenvalue weighted by atomic mass is 15.0. The van der Waals surface area contributed by atoms with Gasteiger partial charge in [-0.2, -0.15) is 0 Å². The van der Waals surface area contributed by atoms with Gasteiger partial charge in [0.25, 0.3) is 0 Å². The minimum Gasteiger partial charge on any atom is -0.325 e. The van der Waals surface area contributed by atoms with E-state index in [1.807, 2.05) is 24.5 Å². The molecule has 0 radical (unpaired) electrons. The fourth-order valence-electron chi connectivity index (χ4n) is 2.58. The smallest absolute Gasteiger partial charge is 0.131 e. The van der Waals surface area contributed by atoms with Crippen molar-refractivity contribution in [1.29, 1.82) is 0 Å². The molecule has 0 aliphatic carbocycles. The number of unbranched alkanes of at least 4 members (excludes halogenated alkanes) is 4. The standard InChI is InChI=1S/C20H29N3/c1-3-5-7-9-17-11-13-19(21-15-17)23-20-14-12-18(16-22-20)10-8-6-4-2/h11-16H,3-10H2,1-2H3,(H,21,22,23). The lowest BCUT2D eigenvalue weighted by atomic mass is 10.1.